The molecule has 162 valence electrons. The van der Waals surface area contributed by atoms with Gasteiger partial charge in [-0.05, 0) is 77.7 Å². The van der Waals surface area contributed by atoms with Crippen LogP contribution >= 0.6 is 22.6 Å². The fourth-order valence-electron chi connectivity index (χ4n) is 3.34. The molecule has 0 aliphatic heterocycles. The zero-order chi connectivity index (χ0) is 22.6. The average molecular weight is 529 g/mol. The van der Waals surface area contributed by atoms with Crippen molar-refractivity contribution in [3.8, 4) is 11.4 Å². The van der Waals surface area contributed by atoms with E-state index >= 15 is 0 Å². The number of nitrogens with one attached hydrogen (secondary N) is 1. The van der Waals surface area contributed by atoms with Crippen LogP contribution in [0.2, 0.25) is 0 Å². The van der Waals surface area contributed by atoms with Crippen LogP contribution in [0.25, 0.3) is 5.69 Å². The van der Waals surface area contributed by atoms with E-state index in [9.17, 15) is 4.79 Å². The van der Waals surface area contributed by atoms with Gasteiger partial charge in [-0.2, -0.15) is 5.10 Å². The molecule has 5 nitrogen and oxygen atoms in total. The SMILES string of the molecule is Cc1cc(/C=N/NC(=O)COc2ccccc2I)c(C)n1-c1ccc(C(C)(C)C)cc1. The van der Waals surface area contributed by atoms with Crippen LogP contribution in [0.4, 0.5) is 0 Å². The lowest BCUT2D eigenvalue weighted by molar-refractivity contribution is -0.123. The van der Waals surface area contributed by atoms with Crippen molar-refractivity contribution in [2.75, 3.05) is 6.61 Å². The average Bonchev–Trinajstić information content (AvgIpc) is 3.00. The summed E-state index contributed by atoms with van der Waals surface area (Å²) in [4.78, 5) is 12.1. The van der Waals surface area contributed by atoms with Crippen molar-refractivity contribution >= 4 is 34.7 Å². The van der Waals surface area contributed by atoms with Crippen LogP contribution in [0.5, 0.6) is 5.75 Å². The van der Waals surface area contributed by atoms with E-state index in [4.69, 9.17) is 4.74 Å². The monoisotopic (exact) mass is 529 g/mol. The third-order valence-corrected chi connectivity index (χ3v) is 5.94. The second kappa shape index (κ2) is 9.68. The summed E-state index contributed by atoms with van der Waals surface area (Å²) in [7, 11) is 0. The van der Waals surface area contributed by atoms with Crippen LogP contribution in [0.3, 0.4) is 0 Å². The lowest BCUT2D eigenvalue weighted by atomic mass is 9.87. The minimum atomic E-state index is -0.303. The van der Waals surface area contributed by atoms with Gasteiger partial charge in [-0.25, -0.2) is 5.43 Å². The first-order valence-electron chi connectivity index (χ1n) is 10.2. The van der Waals surface area contributed by atoms with Gasteiger partial charge >= 0.3 is 0 Å². The van der Waals surface area contributed by atoms with E-state index in [0.717, 1.165) is 26.2 Å². The molecule has 3 aromatic rings. The highest BCUT2D eigenvalue weighted by molar-refractivity contribution is 14.1. The van der Waals surface area contributed by atoms with Gasteiger partial charge in [0.1, 0.15) is 5.75 Å². The molecule has 31 heavy (non-hydrogen) atoms. The highest BCUT2D eigenvalue weighted by Crippen LogP contribution is 2.25. The highest BCUT2D eigenvalue weighted by atomic mass is 127. The van der Waals surface area contributed by atoms with Gasteiger partial charge in [-0.15, -0.1) is 0 Å². The molecule has 0 spiro atoms. The highest BCUT2D eigenvalue weighted by Gasteiger charge is 2.14. The number of benzene rings is 2. The number of halogens is 1. The van der Waals surface area contributed by atoms with E-state index in [1.165, 1.54) is 5.56 Å². The van der Waals surface area contributed by atoms with Crippen LogP contribution < -0.4 is 10.2 Å². The van der Waals surface area contributed by atoms with Crippen LogP contribution in [-0.4, -0.2) is 23.3 Å². The number of carbonyl (C=O) groups excluding carboxylic acids is 1. The molecule has 1 heterocycles. The predicted molar refractivity (Wildman–Crippen MR) is 134 cm³/mol. The van der Waals surface area contributed by atoms with E-state index in [1.807, 2.05) is 31.2 Å². The van der Waals surface area contributed by atoms with E-state index in [1.54, 1.807) is 6.21 Å². The molecule has 0 aliphatic rings. The van der Waals surface area contributed by atoms with E-state index in [-0.39, 0.29) is 17.9 Å². The van der Waals surface area contributed by atoms with Gasteiger partial charge in [0.15, 0.2) is 6.61 Å². The Morgan fingerprint density at radius 2 is 1.81 bits per heavy atom. The first-order chi connectivity index (χ1) is 14.7. The second-order valence-corrected chi connectivity index (χ2v) is 9.63. The zero-order valence-corrected chi connectivity index (χ0v) is 20.7. The molecular formula is C25H28IN3O2. The molecule has 0 fully saturated rings. The predicted octanol–water partition coefficient (Wildman–Crippen LogP) is 5.53. The smallest absolute Gasteiger partial charge is 0.277 e. The first-order valence-corrected chi connectivity index (χ1v) is 11.2. The fraction of sp³-hybridized carbons (Fsp3) is 0.280. The molecule has 0 aliphatic carbocycles. The topological polar surface area (TPSA) is 55.6 Å². The molecule has 0 saturated heterocycles. The number of hydrazone groups is 1. The first kappa shape index (κ1) is 23.1. The number of para-hydroxylation sites is 1. The molecule has 2 aromatic carbocycles. The number of aromatic nitrogens is 1. The van der Waals surface area contributed by atoms with Gasteiger partial charge in [0.2, 0.25) is 0 Å². The van der Waals surface area contributed by atoms with Crippen molar-refractivity contribution in [2.24, 2.45) is 5.10 Å². The summed E-state index contributed by atoms with van der Waals surface area (Å²) in [6.45, 7) is 10.7. The maximum atomic E-state index is 12.1. The molecule has 0 bridgehead atoms. The number of amides is 1. The maximum absolute atomic E-state index is 12.1. The lowest BCUT2D eigenvalue weighted by Crippen LogP contribution is -2.24. The van der Waals surface area contributed by atoms with Gasteiger partial charge in [-0.3, -0.25) is 4.79 Å². The summed E-state index contributed by atoms with van der Waals surface area (Å²) >= 11 is 2.17. The third kappa shape index (κ3) is 5.76. The number of hydrogen-bond donors (Lipinski definition) is 1. The van der Waals surface area contributed by atoms with Gasteiger partial charge < -0.3 is 9.30 Å². The Morgan fingerprint density at radius 1 is 1.13 bits per heavy atom. The Balaban J connectivity index is 1.65. The van der Waals surface area contributed by atoms with Gasteiger partial charge in [0, 0.05) is 22.6 Å². The van der Waals surface area contributed by atoms with E-state index in [0.29, 0.717) is 5.75 Å². The molecule has 1 N–H and O–H groups in total. The van der Waals surface area contributed by atoms with Crippen molar-refractivity contribution < 1.29 is 9.53 Å². The van der Waals surface area contributed by atoms with Gasteiger partial charge in [-0.1, -0.05) is 45.0 Å². The number of nitrogens with zero attached hydrogens (tertiary/aromatic N) is 2. The molecule has 0 saturated carbocycles. The largest absolute Gasteiger partial charge is 0.483 e. The van der Waals surface area contributed by atoms with Crippen LogP contribution in [0.1, 0.15) is 43.3 Å². The molecular weight excluding hydrogens is 501 g/mol. The number of aryl methyl sites for hydroxylation is 1. The van der Waals surface area contributed by atoms with E-state index in [2.05, 4.69) is 95.7 Å². The van der Waals surface area contributed by atoms with Crippen LogP contribution in [-0.2, 0) is 10.2 Å². The summed E-state index contributed by atoms with van der Waals surface area (Å²) in [6.07, 6.45) is 1.67. The van der Waals surface area contributed by atoms with E-state index < -0.39 is 0 Å². The quantitative estimate of drug-likeness (QED) is 0.260. The summed E-state index contributed by atoms with van der Waals surface area (Å²) < 4.78 is 8.69. The summed E-state index contributed by atoms with van der Waals surface area (Å²) in [5, 5.41) is 4.11. The minimum Gasteiger partial charge on any atom is -0.483 e. The molecule has 1 amide bonds. The number of hydrogen-bond acceptors (Lipinski definition) is 3. The van der Waals surface area contributed by atoms with Gasteiger partial charge in [0.25, 0.3) is 5.91 Å². The summed E-state index contributed by atoms with van der Waals surface area (Å²) in [5.41, 5.74) is 8.19. The number of rotatable bonds is 6. The Labute approximate surface area is 197 Å². The van der Waals surface area contributed by atoms with Crippen molar-refractivity contribution in [1.82, 2.24) is 9.99 Å². The minimum absolute atomic E-state index is 0.0868. The number of ether oxygens (including phenoxy) is 1. The molecule has 3 rings (SSSR count). The van der Waals surface area contributed by atoms with Crippen molar-refractivity contribution in [3.05, 3.63) is 80.7 Å². The van der Waals surface area contributed by atoms with Gasteiger partial charge in [0.05, 0.1) is 9.78 Å². The lowest BCUT2D eigenvalue weighted by Gasteiger charge is -2.20. The van der Waals surface area contributed by atoms with Crippen molar-refractivity contribution in [2.45, 2.75) is 40.0 Å². The van der Waals surface area contributed by atoms with Crippen molar-refractivity contribution in [3.63, 3.8) is 0 Å². The molecule has 0 unspecified atom stereocenters. The van der Waals surface area contributed by atoms with Crippen molar-refractivity contribution in [1.29, 1.82) is 0 Å². The Kier molecular flexibility index (Phi) is 7.20. The Hall–Kier alpha value is -2.61. The standard InChI is InChI=1S/C25H28IN3O2/c1-17-14-19(15-27-28-24(30)16-31-23-9-7-6-8-22(23)26)18(2)29(17)21-12-10-20(11-13-21)25(3,4)5/h6-15H,16H2,1-5H3,(H,28,30)/b27-15+. The fourth-order valence-corrected chi connectivity index (χ4v) is 3.88. The molecule has 0 radical (unpaired) electrons. The Morgan fingerprint density at radius 3 is 2.45 bits per heavy atom. The zero-order valence-electron chi connectivity index (χ0n) is 18.6. The van der Waals surface area contributed by atoms with Crippen LogP contribution in [0, 0.1) is 17.4 Å². The normalized spacial score (nSPS) is 11.7. The molecule has 6 heteroatoms. The summed E-state index contributed by atoms with van der Waals surface area (Å²) in [5.74, 6) is 0.380. The summed E-state index contributed by atoms with van der Waals surface area (Å²) in [6, 6.07) is 18.3. The molecule has 1 aromatic heterocycles. The molecule has 0 atom stereocenters. The Bertz CT molecular complexity index is 1090. The van der Waals surface area contributed by atoms with Crippen LogP contribution in [0.15, 0.2) is 59.7 Å². The second-order valence-electron chi connectivity index (χ2n) is 8.47. The number of carbonyl (C=O) groups is 1. The maximum Gasteiger partial charge on any atom is 0.277 e. The third-order valence-electron chi connectivity index (χ3n) is 5.05.